The number of hydrogen-bond donors (Lipinski definition) is 2. The number of benzene rings is 2. The SMILES string of the molecule is CNCC(CNC)CS(=O)(=O)P(=O)(OCOC(=O)c1ccccc1)OC(=O)c1ccccc1. The first-order chi connectivity index (χ1) is 15.7. The molecule has 0 aliphatic heterocycles. The Labute approximate surface area is 192 Å². The van der Waals surface area contributed by atoms with Gasteiger partial charge in [-0.1, -0.05) is 36.4 Å². The number of carbonyl (C=O) groups is 2. The average molecular weight is 498 g/mol. The Morgan fingerprint density at radius 2 is 1.36 bits per heavy atom. The summed E-state index contributed by atoms with van der Waals surface area (Å²) in [6.07, 6.45) is 0. The summed E-state index contributed by atoms with van der Waals surface area (Å²) in [5, 5.41) is 5.71. The highest BCUT2D eigenvalue weighted by Gasteiger charge is 2.46. The molecule has 180 valence electrons. The number of ether oxygens (including phenoxy) is 1. The fourth-order valence-corrected chi connectivity index (χ4v) is 7.02. The van der Waals surface area contributed by atoms with Gasteiger partial charge in [0.05, 0.1) is 16.9 Å². The third-order valence-corrected chi connectivity index (χ3v) is 9.80. The molecule has 0 amide bonds. The number of carbonyl (C=O) groups excluding carboxylic acids is 2. The normalized spacial score (nSPS) is 13.3. The molecule has 2 aromatic rings. The van der Waals surface area contributed by atoms with Crippen LogP contribution in [-0.4, -0.2) is 60.1 Å². The van der Waals surface area contributed by atoms with E-state index in [4.69, 9.17) is 13.8 Å². The molecular formula is C21H27N2O8PS. The van der Waals surface area contributed by atoms with Gasteiger partial charge >= 0.3 is 18.7 Å². The second-order valence-corrected chi connectivity index (χ2v) is 12.8. The van der Waals surface area contributed by atoms with Gasteiger partial charge in [0, 0.05) is 0 Å². The maximum absolute atomic E-state index is 13.4. The molecule has 0 saturated heterocycles. The van der Waals surface area contributed by atoms with Crippen molar-refractivity contribution in [3.05, 3.63) is 71.8 Å². The number of hydrogen-bond acceptors (Lipinski definition) is 10. The van der Waals surface area contributed by atoms with Crippen LogP contribution in [0, 0.1) is 5.92 Å². The van der Waals surface area contributed by atoms with Crippen molar-refractivity contribution < 1.29 is 36.4 Å². The van der Waals surface area contributed by atoms with Crippen molar-refractivity contribution in [1.82, 2.24) is 10.6 Å². The lowest BCUT2D eigenvalue weighted by Gasteiger charge is -2.21. The number of nitrogens with one attached hydrogen (secondary N) is 2. The van der Waals surface area contributed by atoms with E-state index in [2.05, 4.69) is 10.6 Å². The zero-order valence-electron chi connectivity index (χ0n) is 18.3. The van der Waals surface area contributed by atoms with Crippen LogP contribution in [0.4, 0.5) is 0 Å². The van der Waals surface area contributed by atoms with Crippen LogP contribution in [0.3, 0.4) is 0 Å². The zero-order chi connectivity index (χ0) is 24.3. The van der Waals surface area contributed by atoms with Crippen LogP contribution < -0.4 is 10.6 Å². The predicted molar refractivity (Wildman–Crippen MR) is 122 cm³/mol. The summed E-state index contributed by atoms with van der Waals surface area (Å²) in [7, 11) is -1.33. The quantitative estimate of drug-likeness (QED) is 0.240. The molecule has 0 fully saturated rings. The van der Waals surface area contributed by atoms with E-state index in [1.807, 2.05) is 0 Å². The molecule has 1 unspecified atom stereocenters. The van der Waals surface area contributed by atoms with E-state index in [-0.39, 0.29) is 24.2 Å². The Balaban J connectivity index is 2.23. The van der Waals surface area contributed by atoms with Gasteiger partial charge in [-0.2, -0.15) is 0 Å². The molecule has 0 heterocycles. The van der Waals surface area contributed by atoms with Gasteiger partial charge in [-0.05, 0) is 57.4 Å². The predicted octanol–water partition coefficient (Wildman–Crippen LogP) is 2.25. The summed E-state index contributed by atoms with van der Waals surface area (Å²) in [6.45, 7) is -5.52. The van der Waals surface area contributed by atoms with Gasteiger partial charge in [-0.3, -0.25) is 0 Å². The summed E-state index contributed by atoms with van der Waals surface area (Å²) in [6, 6.07) is 15.3. The van der Waals surface area contributed by atoms with E-state index >= 15 is 0 Å². The Hall–Kier alpha value is -2.56. The van der Waals surface area contributed by atoms with Crippen molar-refractivity contribution in [2.24, 2.45) is 5.92 Å². The maximum Gasteiger partial charge on any atom is 0.501 e. The number of esters is 1. The van der Waals surface area contributed by atoms with Crippen LogP contribution in [0.15, 0.2) is 60.7 Å². The van der Waals surface area contributed by atoms with Gasteiger partial charge in [-0.25, -0.2) is 27.1 Å². The van der Waals surface area contributed by atoms with Gasteiger partial charge in [-0.15, -0.1) is 0 Å². The zero-order valence-corrected chi connectivity index (χ0v) is 20.0. The first-order valence-electron chi connectivity index (χ1n) is 10.00. The van der Waals surface area contributed by atoms with Crippen molar-refractivity contribution >= 4 is 28.2 Å². The van der Waals surface area contributed by atoms with Gasteiger partial charge < -0.3 is 19.9 Å². The first-order valence-corrected chi connectivity index (χ1v) is 13.8. The molecule has 33 heavy (non-hydrogen) atoms. The van der Waals surface area contributed by atoms with Gasteiger partial charge in [0.15, 0.2) is 0 Å². The largest absolute Gasteiger partial charge is 0.501 e. The molecule has 1 atom stereocenters. The third kappa shape index (κ3) is 7.76. The van der Waals surface area contributed by atoms with Crippen molar-refractivity contribution in [1.29, 1.82) is 0 Å². The molecule has 2 aromatic carbocycles. The molecule has 12 heteroatoms. The molecule has 0 saturated carbocycles. The van der Waals surface area contributed by atoms with Crippen molar-refractivity contribution in [3.8, 4) is 0 Å². The fourth-order valence-electron chi connectivity index (χ4n) is 2.85. The Morgan fingerprint density at radius 1 is 0.879 bits per heavy atom. The first kappa shape index (κ1) is 26.7. The molecule has 2 rings (SSSR count). The maximum atomic E-state index is 13.4. The Kier molecular flexibility index (Phi) is 10.2. The summed E-state index contributed by atoms with van der Waals surface area (Å²) < 4.78 is 54.3. The number of rotatable bonds is 13. The van der Waals surface area contributed by atoms with E-state index in [0.717, 1.165) is 0 Å². The smallest absolute Gasteiger partial charge is 0.434 e. The topological polar surface area (TPSA) is 137 Å². The molecule has 0 aliphatic carbocycles. The van der Waals surface area contributed by atoms with Gasteiger partial charge in [0.2, 0.25) is 6.79 Å². The van der Waals surface area contributed by atoms with Crippen molar-refractivity contribution in [2.75, 3.05) is 39.7 Å². The van der Waals surface area contributed by atoms with E-state index in [0.29, 0.717) is 0 Å². The van der Waals surface area contributed by atoms with Crippen LogP contribution in [0.25, 0.3) is 0 Å². The standard InChI is InChI=1S/C21H27N2O8PS/c1-22-13-17(14-23-2)15-33(27,28)32(26,31-21(25)19-11-7-4-8-12-19)30-16-29-20(24)18-9-5-3-6-10-18/h3-12,17,22-23H,13-16H2,1-2H3. The van der Waals surface area contributed by atoms with E-state index in [1.54, 1.807) is 38.4 Å². The monoisotopic (exact) mass is 498 g/mol. The van der Waals surface area contributed by atoms with Crippen molar-refractivity contribution in [2.45, 2.75) is 0 Å². The summed E-state index contributed by atoms with van der Waals surface area (Å²) >= 11 is 0. The lowest BCUT2D eigenvalue weighted by Crippen LogP contribution is -2.33. The van der Waals surface area contributed by atoms with E-state index < -0.39 is 46.7 Å². The highest BCUT2D eigenvalue weighted by molar-refractivity contribution is 8.49. The fraction of sp³-hybridized carbons (Fsp3) is 0.333. The minimum Gasteiger partial charge on any atom is -0.434 e. The summed E-state index contributed by atoms with van der Waals surface area (Å²) in [5.74, 6) is -3.06. The minimum atomic E-state index is -5.10. The van der Waals surface area contributed by atoms with E-state index in [9.17, 15) is 22.6 Å². The minimum absolute atomic E-state index is 0.0141. The second kappa shape index (κ2) is 12.6. The summed E-state index contributed by atoms with van der Waals surface area (Å²) in [5.41, 5.74) is 0.169. The molecule has 10 nitrogen and oxygen atoms in total. The highest BCUT2D eigenvalue weighted by Crippen LogP contribution is 2.56. The van der Waals surface area contributed by atoms with Crippen LogP contribution in [0.5, 0.6) is 0 Å². The lowest BCUT2D eigenvalue weighted by molar-refractivity contribution is 0.0123. The van der Waals surface area contributed by atoms with Crippen LogP contribution >= 0.6 is 6.80 Å². The van der Waals surface area contributed by atoms with E-state index in [1.165, 1.54) is 36.4 Å². The summed E-state index contributed by atoms with van der Waals surface area (Å²) in [4.78, 5) is 24.6. The molecule has 0 spiro atoms. The second-order valence-electron chi connectivity index (χ2n) is 6.97. The Bertz CT molecular complexity index is 1060. The third-order valence-electron chi connectivity index (χ3n) is 4.39. The lowest BCUT2D eigenvalue weighted by atomic mass is 10.2. The molecule has 0 aliphatic rings. The average Bonchev–Trinajstić information content (AvgIpc) is 2.80. The van der Waals surface area contributed by atoms with Crippen molar-refractivity contribution in [3.63, 3.8) is 0 Å². The Morgan fingerprint density at radius 3 is 1.85 bits per heavy atom. The molecule has 0 bridgehead atoms. The van der Waals surface area contributed by atoms with Crippen LogP contribution in [0.2, 0.25) is 0 Å². The molecule has 2 N–H and O–H groups in total. The molecular weight excluding hydrogens is 471 g/mol. The van der Waals surface area contributed by atoms with Gasteiger partial charge in [0.25, 0.3) is 9.46 Å². The van der Waals surface area contributed by atoms with Crippen LogP contribution in [-0.2, 0) is 27.8 Å². The highest BCUT2D eigenvalue weighted by atomic mass is 32.8. The molecule has 0 radical (unpaired) electrons. The molecule has 0 aromatic heterocycles. The van der Waals surface area contributed by atoms with Gasteiger partial charge in [0.1, 0.15) is 0 Å². The van der Waals surface area contributed by atoms with Crippen LogP contribution in [0.1, 0.15) is 20.7 Å².